The van der Waals surface area contributed by atoms with Crippen molar-refractivity contribution >= 4 is 16.1 Å². The first-order chi connectivity index (χ1) is 10.9. The highest BCUT2D eigenvalue weighted by Gasteiger charge is 2.45. The van der Waals surface area contributed by atoms with Crippen molar-refractivity contribution in [3.8, 4) is 0 Å². The SMILES string of the molecule is CS(=O)(=O)N[C@@H]1COCCC12CCN(C(=O)N1CCCC1)CC2. The summed E-state index contributed by atoms with van der Waals surface area (Å²) < 4.78 is 31.5. The third-order valence-electron chi connectivity index (χ3n) is 5.53. The van der Waals surface area contributed by atoms with Crippen LogP contribution in [0.3, 0.4) is 0 Å². The molecule has 0 saturated carbocycles. The van der Waals surface area contributed by atoms with Crippen molar-refractivity contribution in [2.45, 2.75) is 38.1 Å². The number of carbonyl (C=O) groups is 1. The number of likely N-dealkylation sites (tertiary alicyclic amines) is 2. The van der Waals surface area contributed by atoms with E-state index in [1.54, 1.807) is 0 Å². The molecule has 1 atom stereocenters. The summed E-state index contributed by atoms with van der Waals surface area (Å²) in [6.45, 7) is 4.24. The van der Waals surface area contributed by atoms with Crippen molar-refractivity contribution < 1.29 is 17.9 Å². The standard InChI is InChI=1S/C15H27N3O4S/c1-23(20,21)16-13-12-22-11-6-15(13)4-9-18(10-5-15)14(19)17-7-2-3-8-17/h13,16H,2-12H2,1H3/t13-/m1/s1. The molecule has 0 radical (unpaired) electrons. The van der Waals surface area contributed by atoms with Gasteiger partial charge >= 0.3 is 6.03 Å². The predicted molar refractivity (Wildman–Crippen MR) is 86.6 cm³/mol. The minimum atomic E-state index is -3.26. The van der Waals surface area contributed by atoms with Gasteiger partial charge < -0.3 is 14.5 Å². The lowest BCUT2D eigenvalue weighted by molar-refractivity contribution is -0.0394. The first-order valence-electron chi connectivity index (χ1n) is 8.49. The van der Waals surface area contributed by atoms with Crippen LogP contribution in [0.2, 0.25) is 0 Å². The van der Waals surface area contributed by atoms with E-state index in [0.717, 1.165) is 45.2 Å². The smallest absolute Gasteiger partial charge is 0.319 e. The van der Waals surface area contributed by atoms with E-state index in [2.05, 4.69) is 4.72 Å². The van der Waals surface area contributed by atoms with E-state index in [0.29, 0.717) is 26.3 Å². The molecule has 23 heavy (non-hydrogen) atoms. The van der Waals surface area contributed by atoms with Crippen molar-refractivity contribution in [1.29, 1.82) is 0 Å². The molecule has 2 amide bonds. The molecule has 7 nitrogen and oxygen atoms in total. The maximum atomic E-state index is 12.5. The molecule has 3 saturated heterocycles. The fraction of sp³-hybridized carbons (Fsp3) is 0.933. The van der Waals surface area contributed by atoms with E-state index in [1.165, 1.54) is 6.26 Å². The molecule has 0 aliphatic carbocycles. The second kappa shape index (κ2) is 6.57. The zero-order valence-electron chi connectivity index (χ0n) is 13.8. The summed E-state index contributed by atoms with van der Waals surface area (Å²) >= 11 is 0. The first-order valence-corrected chi connectivity index (χ1v) is 10.4. The monoisotopic (exact) mass is 345 g/mol. The zero-order valence-corrected chi connectivity index (χ0v) is 14.6. The quantitative estimate of drug-likeness (QED) is 0.796. The summed E-state index contributed by atoms with van der Waals surface area (Å²) in [4.78, 5) is 16.4. The number of nitrogens with zero attached hydrogens (tertiary/aromatic N) is 2. The van der Waals surface area contributed by atoms with Gasteiger partial charge in [0.2, 0.25) is 10.0 Å². The number of amides is 2. The second-order valence-electron chi connectivity index (χ2n) is 7.09. The Hall–Kier alpha value is -0.860. The van der Waals surface area contributed by atoms with Crippen LogP contribution in [-0.2, 0) is 14.8 Å². The molecule has 3 fully saturated rings. The van der Waals surface area contributed by atoms with Crippen molar-refractivity contribution in [3.63, 3.8) is 0 Å². The third-order valence-corrected chi connectivity index (χ3v) is 6.24. The van der Waals surface area contributed by atoms with Gasteiger partial charge in [-0.05, 0) is 37.5 Å². The van der Waals surface area contributed by atoms with Crippen LogP contribution >= 0.6 is 0 Å². The van der Waals surface area contributed by atoms with E-state index in [1.807, 2.05) is 9.80 Å². The highest BCUT2D eigenvalue weighted by Crippen LogP contribution is 2.41. The minimum Gasteiger partial charge on any atom is -0.380 e. The minimum absolute atomic E-state index is 0.0802. The van der Waals surface area contributed by atoms with Crippen LogP contribution in [0.25, 0.3) is 0 Å². The third kappa shape index (κ3) is 3.80. The first kappa shape index (κ1) is 17.0. The number of carbonyl (C=O) groups excluding carboxylic acids is 1. The largest absolute Gasteiger partial charge is 0.380 e. The molecule has 3 rings (SSSR count). The second-order valence-corrected chi connectivity index (χ2v) is 8.87. The Bertz CT molecular complexity index is 537. The Labute approximate surface area is 138 Å². The molecule has 3 aliphatic rings. The van der Waals surface area contributed by atoms with Crippen molar-refractivity contribution in [2.24, 2.45) is 5.41 Å². The molecule has 8 heteroatoms. The summed E-state index contributed by atoms with van der Waals surface area (Å²) in [5.41, 5.74) is -0.0802. The van der Waals surface area contributed by atoms with Gasteiger partial charge in [-0.15, -0.1) is 0 Å². The summed E-state index contributed by atoms with van der Waals surface area (Å²) in [7, 11) is -3.26. The van der Waals surface area contributed by atoms with E-state index < -0.39 is 10.0 Å². The molecule has 0 aromatic carbocycles. The molecule has 0 aromatic rings. The molecule has 1 N–H and O–H groups in total. The van der Waals surface area contributed by atoms with E-state index in [-0.39, 0.29) is 17.5 Å². The van der Waals surface area contributed by atoms with E-state index in [9.17, 15) is 13.2 Å². The molecular weight excluding hydrogens is 318 g/mol. The number of piperidine rings is 1. The maximum Gasteiger partial charge on any atom is 0.319 e. The number of sulfonamides is 1. The molecular formula is C15H27N3O4S. The Kier molecular flexibility index (Phi) is 4.85. The maximum absolute atomic E-state index is 12.5. The van der Waals surface area contributed by atoms with Gasteiger partial charge in [0.25, 0.3) is 0 Å². The Balaban J connectivity index is 1.64. The summed E-state index contributed by atoms with van der Waals surface area (Å²) in [5, 5.41) is 0. The Morgan fingerprint density at radius 2 is 1.70 bits per heavy atom. The van der Waals surface area contributed by atoms with Crippen molar-refractivity contribution in [2.75, 3.05) is 45.6 Å². The average molecular weight is 345 g/mol. The van der Waals surface area contributed by atoms with E-state index in [4.69, 9.17) is 4.74 Å². The lowest BCUT2D eigenvalue weighted by atomic mass is 9.69. The summed E-state index contributed by atoms with van der Waals surface area (Å²) in [6, 6.07) is -0.0349. The Morgan fingerprint density at radius 1 is 1.09 bits per heavy atom. The van der Waals surface area contributed by atoms with Gasteiger partial charge in [-0.3, -0.25) is 0 Å². The predicted octanol–water partition coefficient (Wildman–Crippen LogP) is 0.623. The van der Waals surface area contributed by atoms with Gasteiger partial charge in [0.05, 0.1) is 18.9 Å². The fourth-order valence-electron chi connectivity index (χ4n) is 4.10. The molecule has 0 aromatic heterocycles. The zero-order chi connectivity index (χ0) is 16.5. The molecule has 1 spiro atoms. The highest BCUT2D eigenvalue weighted by atomic mass is 32.2. The van der Waals surface area contributed by atoms with E-state index >= 15 is 0 Å². The summed E-state index contributed by atoms with van der Waals surface area (Å²) in [6.07, 6.45) is 5.92. The average Bonchev–Trinajstić information content (AvgIpc) is 3.03. The number of hydrogen-bond acceptors (Lipinski definition) is 4. The molecule has 0 unspecified atom stereocenters. The number of rotatable bonds is 2. The molecule has 132 valence electrons. The van der Waals surface area contributed by atoms with Gasteiger partial charge in [0.1, 0.15) is 0 Å². The van der Waals surface area contributed by atoms with Crippen molar-refractivity contribution in [1.82, 2.24) is 14.5 Å². The fourth-order valence-corrected chi connectivity index (χ4v) is 4.93. The van der Waals surface area contributed by atoms with Crippen LogP contribution in [0, 0.1) is 5.41 Å². The van der Waals surface area contributed by atoms with Crippen molar-refractivity contribution in [3.05, 3.63) is 0 Å². The number of nitrogens with one attached hydrogen (secondary N) is 1. The van der Waals surface area contributed by atoms with Gasteiger partial charge in [-0.2, -0.15) is 0 Å². The lowest BCUT2D eigenvalue weighted by Crippen LogP contribution is -2.58. The molecule has 3 aliphatic heterocycles. The van der Waals surface area contributed by atoms with Crippen LogP contribution in [0.15, 0.2) is 0 Å². The van der Waals surface area contributed by atoms with Gasteiger partial charge in [0.15, 0.2) is 0 Å². The molecule has 0 bridgehead atoms. The summed E-state index contributed by atoms with van der Waals surface area (Å²) in [5.74, 6) is 0. The lowest BCUT2D eigenvalue weighted by Gasteiger charge is -2.49. The number of hydrogen-bond donors (Lipinski definition) is 1. The van der Waals surface area contributed by atoms with Crippen LogP contribution < -0.4 is 4.72 Å². The normalized spacial score (nSPS) is 28.3. The van der Waals surface area contributed by atoms with Crippen LogP contribution in [-0.4, -0.2) is 75.9 Å². The van der Waals surface area contributed by atoms with Gasteiger partial charge in [0, 0.05) is 32.8 Å². The van der Waals surface area contributed by atoms with Gasteiger partial charge in [-0.25, -0.2) is 17.9 Å². The number of ether oxygens (including phenoxy) is 1. The Morgan fingerprint density at radius 3 is 2.30 bits per heavy atom. The van der Waals surface area contributed by atoms with Crippen LogP contribution in [0.5, 0.6) is 0 Å². The van der Waals surface area contributed by atoms with Gasteiger partial charge in [-0.1, -0.05) is 0 Å². The van der Waals surface area contributed by atoms with Crippen LogP contribution in [0.1, 0.15) is 32.1 Å². The van der Waals surface area contributed by atoms with Crippen LogP contribution in [0.4, 0.5) is 4.79 Å². The topological polar surface area (TPSA) is 79.0 Å². The molecule has 3 heterocycles. The highest BCUT2D eigenvalue weighted by molar-refractivity contribution is 7.88. The number of urea groups is 1.